The minimum atomic E-state index is -0.444. The number of rotatable bonds is 0. The van der Waals surface area contributed by atoms with E-state index < -0.39 is 5.60 Å². The van der Waals surface area contributed by atoms with Crippen molar-refractivity contribution in [1.29, 1.82) is 0 Å². The van der Waals surface area contributed by atoms with Crippen LogP contribution in [0.25, 0.3) is 0 Å². The molecule has 1 amide bonds. The van der Waals surface area contributed by atoms with E-state index in [0.717, 1.165) is 18.6 Å². The Morgan fingerprint density at radius 1 is 1.57 bits per heavy atom. The molecule has 1 heterocycles. The molecule has 5 heteroatoms. The molecule has 0 aliphatic carbocycles. The van der Waals surface area contributed by atoms with Gasteiger partial charge in [-0.1, -0.05) is 0 Å². The van der Waals surface area contributed by atoms with Gasteiger partial charge in [-0.25, -0.2) is 9.10 Å². The molecule has 82 valence electrons. The van der Waals surface area contributed by atoms with Gasteiger partial charge in [-0.05, 0) is 34.1 Å². The van der Waals surface area contributed by atoms with E-state index >= 15 is 0 Å². The third kappa shape index (κ3) is 3.75. The third-order valence-electron chi connectivity index (χ3n) is 1.63. The van der Waals surface area contributed by atoms with Crippen LogP contribution in [0.15, 0.2) is 0 Å². The first-order valence-electron chi connectivity index (χ1n) is 4.72. The molecule has 1 saturated heterocycles. The Morgan fingerprint density at radius 2 is 2.21 bits per heavy atom. The van der Waals surface area contributed by atoms with Crippen molar-refractivity contribution in [3.63, 3.8) is 0 Å². The molecule has 0 aromatic carbocycles. The molecule has 0 saturated carbocycles. The van der Waals surface area contributed by atoms with Gasteiger partial charge in [-0.15, -0.1) is 0 Å². The number of hydrogen-bond donors (Lipinski definition) is 0. The number of amides is 1. The van der Waals surface area contributed by atoms with Crippen LogP contribution in [-0.4, -0.2) is 28.6 Å². The lowest BCUT2D eigenvalue weighted by Crippen LogP contribution is -2.37. The van der Waals surface area contributed by atoms with Crippen LogP contribution in [-0.2, 0) is 8.92 Å². The summed E-state index contributed by atoms with van der Waals surface area (Å²) in [4.78, 5) is 11.5. The predicted octanol–water partition coefficient (Wildman–Crippen LogP) is 2.60. The number of nitrogens with zero attached hydrogens (tertiary/aromatic N) is 1. The van der Waals surface area contributed by atoms with E-state index in [2.05, 4.69) is 0 Å². The molecule has 0 aromatic rings. The minimum Gasteiger partial charge on any atom is -0.443 e. The van der Waals surface area contributed by atoms with E-state index in [4.69, 9.17) is 8.92 Å². The Hall–Kier alpha value is -0.420. The van der Waals surface area contributed by atoms with Gasteiger partial charge in [-0.2, -0.15) is 0 Å². The lowest BCUT2D eigenvalue weighted by Gasteiger charge is -2.30. The first-order valence-corrected chi connectivity index (χ1v) is 5.42. The van der Waals surface area contributed by atoms with Crippen LogP contribution in [0.1, 0.15) is 34.1 Å². The zero-order valence-electron chi connectivity index (χ0n) is 9.07. The topological polar surface area (TPSA) is 38.8 Å². The Kier molecular flexibility index (Phi) is 3.66. The van der Waals surface area contributed by atoms with Crippen LogP contribution in [0.2, 0.25) is 0 Å². The van der Waals surface area contributed by atoms with Crippen LogP contribution in [0.4, 0.5) is 4.79 Å². The van der Waals surface area contributed by atoms with Gasteiger partial charge in [0, 0.05) is 6.54 Å². The molecule has 1 aliphatic rings. The molecule has 1 rings (SSSR count). The molecule has 0 spiro atoms. The van der Waals surface area contributed by atoms with Crippen molar-refractivity contribution < 1.29 is 13.7 Å². The molecule has 1 aliphatic heterocycles. The second-order valence-electron chi connectivity index (χ2n) is 4.35. The van der Waals surface area contributed by atoms with Crippen molar-refractivity contribution in [3.05, 3.63) is 0 Å². The average molecular weight is 219 g/mol. The van der Waals surface area contributed by atoms with Crippen molar-refractivity contribution in [3.8, 4) is 0 Å². The molecule has 0 N–H and O–H groups in total. The van der Waals surface area contributed by atoms with Gasteiger partial charge in [0.2, 0.25) is 0 Å². The fraction of sp³-hybridized carbons (Fsp3) is 0.889. The number of hydrogen-bond acceptors (Lipinski definition) is 4. The van der Waals surface area contributed by atoms with Gasteiger partial charge in [0.1, 0.15) is 17.8 Å². The summed E-state index contributed by atoms with van der Waals surface area (Å²) in [5.41, 5.74) is -0.444. The molecule has 1 atom stereocenters. The van der Waals surface area contributed by atoms with Gasteiger partial charge in [-0.3, -0.25) is 4.18 Å². The normalized spacial score (nSPS) is 23.4. The van der Waals surface area contributed by atoms with Crippen molar-refractivity contribution in [2.45, 2.75) is 45.8 Å². The number of carbonyl (C=O) groups is 1. The molecule has 4 nitrogen and oxygen atoms in total. The molecule has 0 aromatic heterocycles. The monoisotopic (exact) mass is 219 g/mol. The van der Waals surface area contributed by atoms with E-state index in [1.54, 1.807) is 0 Å². The Balaban J connectivity index is 2.38. The smallest absolute Gasteiger partial charge is 0.422 e. The van der Waals surface area contributed by atoms with Crippen molar-refractivity contribution in [1.82, 2.24) is 4.31 Å². The summed E-state index contributed by atoms with van der Waals surface area (Å²) < 4.78 is 12.0. The molecule has 0 radical (unpaired) electrons. The maximum absolute atomic E-state index is 11.5. The largest absolute Gasteiger partial charge is 0.443 e. The summed E-state index contributed by atoms with van der Waals surface area (Å²) in [5.74, 6) is 0. The Bertz CT molecular complexity index is 207. The van der Waals surface area contributed by atoms with E-state index in [9.17, 15) is 4.79 Å². The third-order valence-corrected chi connectivity index (χ3v) is 2.56. The van der Waals surface area contributed by atoms with Crippen molar-refractivity contribution in [2.24, 2.45) is 0 Å². The molecule has 1 fully saturated rings. The zero-order chi connectivity index (χ0) is 10.8. The van der Waals surface area contributed by atoms with Gasteiger partial charge in [0.25, 0.3) is 0 Å². The minimum absolute atomic E-state index is 0.207. The second kappa shape index (κ2) is 4.40. The van der Waals surface area contributed by atoms with E-state index in [1.165, 1.54) is 4.31 Å². The SMILES string of the molecule is CC1CCN(C(=O)OC(C)(C)C)SO1. The highest BCUT2D eigenvalue weighted by molar-refractivity contribution is 7.92. The Morgan fingerprint density at radius 3 is 2.64 bits per heavy atom. The van der Waals surface area contributed by atoms with Crippen molar-refractivity contribution >= 4 is 18.3 Å². The van der Waals surface area contributed by atoms with Crippen LogP contribution in [0, 0.1) is 0 Å². The molecular weight excluding hydrogens is 202 g/mol. The Labute approximate surface area is 89.3 Å². The fourth-order valence-corrected chi connectivity index (χ4v) is 1.57. The van der Waals surface area contributed by atoms with Gasteiger partial charge < -0.3 is 4.74 Å². The number of ether oxygens (including phenoxy) is 1. The molecular formula is C9H17NO3S. The summed E-state index contributed by atoms with van der Waals surface area (Å²) in [6, 6.07) is 0. The van der Waals surface area contributed by atoms with Crippen LogP contribution < -0.4 is 0 Å². The van der Waals surface area contributed by atoms with Crippen LogP contribution >= 0.6 is 12.2 Å². The highest BCUT2D eigenvalue weighted by atomic mass is 32.2. The first-order chi connectivity index (χ1) is 6.38. The maximum Gasteiger partial charge on any atom is 0.422 e. The molecule has 0 bridgehead atoms. The summed E-state index contributed by atoms with van der Waals surface area (Å²) >= 11 is 1.08. The highest BCUT2D eigenvalue weighted by Crippen LogP contribution is 2.24. The number of carbonyl (C=O) groups excluding carboxylic acids is 1. The van der Waals surface area contributed by atoms with Crippen LogP contribution in [0.3, 0.4) is 0 Å². The fourth-order valence-electron chi connectivity index (χ4n) is 0.944. The van der Waals surface area contributed by atoms with Crippen LogP contribution in [0.5, 0.6) is 0 Å². The molecule has 1 unspecified atom stereocenters. The van der Waals surface area contributed by atoms with E-state index in [0.29, 0.717) is 6.54 Å². The summed E-state index contributed by atoms with van der Waals surface area (Å²) in [6.45, 7) is 8.22. The summed E-state index contributed by atoms with van der Waals surface area (Å²) in [5, 5.41) is 0. The first kappa shape index (κ1) is 11.7. The summed E-state index contributed by atoms with van der Waals surface area (Å²) in [7, 11) is 0. The summed E-state index contributed by atoms with van der Waals surface area (Å²) in [6.07, 6.45) is 0.736. The van der Waals surface area contributed by atoms with E-state index in [-0.39, 0.29) is 12.2 Å². The zero-order valence-corrected chi connectivity index (χ0v) is 9.89. The predicted molar refractivity (Wildman–Crippen MR) is 55.7 cm³/mol. The molecule has 14 heavy (non-hydrogen) atoms. The second-order valence-corrected chi connectivity index (χ2v) is 5.13. The lowest BCUT2D eigenvalue weighted by molar-refractivity contribution is 0.0350. The van der Waals surface area contributed by atoms with Gasteiger partial charge in [0.05, 0.1) is 6.10 Å². The highest BCUT2D eigenvalue weighted by Gasteiger charge is 2.27. The van der Waals surface area contributed by atoms with Gasteiger partial charge in [0.15, 0.2) is 0 Å². The lowest BCUT2D eigenvalue weighted by atomic mass is 10.2. The van der Waals surface area contributed by atoms with Gasteiger partial charge >= 0.3 is 6.09 Å². The quantitative estimate of drug-likeness (QED) is 0.463. The van der Waals surface area contributed by atoms with E-state index in [1.807, 2.05) is 27.7 Å². The maximum atomic E-state index is 11.5. The van der Waals surface area contributed by atoms with Crippen molar-refractivity contribution in [2.75, 3.05) is 6.54 Å². The standard InChI is InChI=1S/C9H17NO3S/c1-7-5-6-10(14-13-7)8(11)12-9(2,3)4/h7H,5-6H2,1-4H3. The average Bonchev–Trinajstić information content (AvgIpc) is 2.02.